The first-order valence-electron chi connectivity index (χ1n) is 6.87. The van der Waals surface area contributed by atoms with Crippen molar-refractivity contribution in [1.82, 2.24) is 15.6 Å². The number of aromatic amines is 1. The number of nitrogens with one attached hydrogen (secondary N) is 3. The van der Waals surface area contributed by atoms with Crippen molar-refractivity contribution >= 4 is 22.7 Å². The third kappa shape index (κ3) is 4.32. The van der Waals surface area contributed by atoms with Crippen LogP contribution in [0.2, 0.25) is 0 Å². The molecule has 6 nitrogen and oxygen atoms in total. The number of para-hydroxylation sites is 1. The molecule has 2 amide bonds. The van der Waals surface area contributed by atoms with Gasteiger partial charge in [-0.05, 0) is 25.5 Å². The van der Waals surface area contributed by atoms with E-state index in [2.05, 4.69) is 15.6 Å². The first-order chi connectivity index (χ1) is 10.1. The molecular formula is C15H19N3O3. The fraction of sp³-hybridized carbons (Fsp3) is 0.333. The zero-order valence-corrected chi connectivity index (χ0v) is 11.8. The van der Waals surface area contributed by atoms with Crippen molar-refractivity contribution < 1.29 is 14.7 Å². The lowest BCUT2D eigenvalue weighted by Crippen LogP contribution is -2.37. The molecule has 0 aliphatic carbocycles. The van der Waals surface area contributed by atoms with Gasteiger partial charge in [0.1, 0.15) is 5.69 Å². The summed E-state index contributed by atoms with van der Waals surface area (Å²) >= 11 is 0. The van der Waals surface area contributed by atoms with Gasteiger partial charge in [0, 0.05) is 17.4 Å². The van der Waals surface area contributed by atoms with Gasteiger partial charge in [0.15, 0.2) is 0 Å². The number of aliphatic hydroxyl groups excluding tert-OH is 1. The zero-order valence-electron chi connectivity index (χ0n) is 11.8. The average Bonchev–Trinajstić information content (AvgIpc) is 2.88. The number of carbonyl (C=O) groups is 2. The van der Waals surface area contributed by atoms with Crippen LogP contribution in [0.3, 0.4) is 0 Å². The number of rotatable bonds is 6. The minimum absolute atomic E-state index is 0.0893. The fourth-order valence-corrected chi connectivity index (χ4v) is 1.93. The van der Waals surface area contributed by atoms with Gasteiger partial charge in [-0.1, -0.05) is 18.2 Å². The third-order valence-corrected chi connectivity index (χ3v) is 3.07. The van der Waals surface area contributed by atoms with Crippen molar-refractivity contribution in [2.75, 3.05) is 13.1 Å². The van der Waals surface area contributed by atoms with Gasteiger partial charge in [-0.2, -0.15) is 0 Å². The number of hydrogen-bond acceptors (Lipinski definition) is 3. The minimum atomic E-state index is -0.453. The molecule has 1 heterocycles. The van der Waals surface area contributed by atoms with Crippen LogP contribution < -0.4 is 10.6 Å². The highest BCUT2D eigenvalue weighted by atomic mass is 16.3. The van der Waals surface area contributed by atoms with E-state index in [1.165, 1.54) is 0 Å². The van der Waals surface area contributed by atoms with E-state index >= 15 is 0 Å². The first kappa shape index (κ1) is 15.1. The van der Waals surface area contributed by atoms with Crippen LogP contribution in [-0.4, -0.2) is 41.1 Å². The molecule has 0 saturated carbocycles. The van der Waals surface area contributed by atoms with Gasteiger partial charge in [0.25, 0.3) is 5.91 Å². The van der Waals surface area contributed by atoms with Crippen LogP contribution in [0.15, 0.2) is 30.3 Å². The third-order valence-electron chi connectivity index (χ3n) is 3.07. The summed E-state index contributed by atoms with van der Waals surface area (Å²) in [7, 11) is 0. The highest BCUT2D eigenvalue weighted by molar-refractivity contribution is 5.99. The summed E-state index contributed by atoms with van der Waals surface area (Å²) < 4.78 is 0. The summed E-state index contributed by atoms with van der Waals surface area (Å²) in [6, 6.07) is 9.32. The maximum atomic E-state index is 11.9. The maximum absolute atomic E-state index is 11.9. The van der Waals surface area contributed by atoms with Crippen molar-refractivity contribution in [3.8, 4) is 0 Å². The number of fused-ring (bicyclic) bond motifs is 1. The summed E-state index contributed by atoms with van der Waals surface area (Å²) in [5.41, 5.74) is 1.30. The topological polar surface area (TPSA) is 94.2 Å². The Morgan fingerprint density at radius 1 is 1.29 bits per heavy atom. The van der Waals surface area contributed by atoms with E-state index in [1.807, 2.05) is 24.3 Å². The van der Waals surface area contributed by atoms with Gasteiger partial charge in [-0.3, -0.25) is 9.59 Å². The van der Waals surface area contributed by atoms with E-state index in [1.54, 1.807) is 13.0 Å². The van der Waals surface area contributed by atoms with Crippen molar-refractivity contribution in [1.29, 1.82) is 0 Å². The summed E-state index contributed by atoms with van der Waals surface area (Å²) in [5, 5.41) is 15.2. The number of H-pyrrole nitrogens is 1. The van der Waals surface area contributed by atoms with Gasteiger partial charge in [0.2, 0.25) is 5.91 Å². The molecule has 0 aliphatic rings. The SMILES string of the molecule is CC(O)CCNC(=O)CNC(=O)c1cc2ccccc2[nH]1. The Hall–Kier alpha value is -2.34. The monoisotopic (exact) mass is 289 g/mol. The van der Waals surface area contributed by atoms with E-state index in [9.17, 15) is 9.59 Å². The Balaban J connectivity index is 1.82. The van der Waals surface area contributed by atoms with E-state index in [4.69, 9.17) is 5.11 Å². The molecule has 112 valence electrons. The Kier molecular flexibility index (Phi) is 4.94. The van der Waals surface area contributed by atoms with E-state index in [0.29, 0.717) is 18.7 Å². The predicted octanol–water partition coefficient (Wildman–Crippen LogP) is 0.785. The Morgan fingerprint density at radius 3 is 2.76 bits per heavy atom. The zero-order chi connectivity index (χ0) is 15.2. The number of aliphatic hydroxyl groups is 1. The van der Waals surface area contributed by atoms with Crippen molar-refractivity contribution in [3.05, 3.63) is 36.0 Å². The van der Waals surface area contributed by atoms with Crippen LogP contribution in [0.1, 0.15) is 23.8 Å². The lowest BCUT2D eigenvalue weighted by molar-refractivity contribution is -0.120. The highest BCUT2D eigenvalue weighted by Crippen LogP contribution is 2.14. The molecular weight excluding hydrogens is 270 g/mol. The molecule has 0 bridgehead atoms. The smallest absolute Gasteiger partial charge is 0.268 e. The number of aromatic nitrogens is 1. The molecule has 1 unspecified atom stereocenters. The maximum Gasteiger partial charge on any atom is 0.268 e. The molecule has 1 aromatic heterocycles. The molecule has 0 fully saturated rings. The molecule has 21 heavy (non-hydrogen) atoms. The first-order valence-corrected chi connectivity index (χ1v) is 6.87. The van der Waals surface area contributed by atoms with Crippen molar-refractivity contribution in [3.63, 3.8) is 0 Å². The Labute approximate surface area is 122 Å². The van der Waals surface area contributed by atoms with Gasteiger partial charge in [-0.15, -0.1) is 0 Å². The second kappa shape index (κ2) is 6.90. The highest BCUT2D eigenvalue weighted by Gasteiger charge is 2.10. The van der Waals surface area contributed by atoms with Gasteiger partial charge in [-0.25, -0.2) is 0 Å². The molecule has 1 atom stereocenters. The Morgan fingerprint density at radius 2 is 2.05 bits per heavy atom. The molecule has 0 spiro atoms. The average molecular weight is 289 g/mol. The van der Waals surface area contributed by atoms with Crippen LogP contribution in [-0.2, 0) is 4.79 Å². The summed E-state index contributed by atoms with van der Waals surface area (Å²) in [5.74, 6) is -0.600. The van der Waals surface area contributed by atoms with Crippen LogP contribution >= 0.6 is 0 Å². The molecule has 4 N–H and O–H groups in total. The molecule has 0 saturated heterocycles. The molecule has 0 radical (unpaired) electrons. The largest absolute Gasteiger partial charge is 0.393 e. The van der Waals surface area contributed by atoms with Crippen LogP contribution in [0, 0.1) is 0 Å². The van der Waals surface area contributed by atoms with Crippen LogP contribution in [0.5, 0.6) is 0 Å². The summed E-state index contributed by atoms with van der Waals surface area (Å²) in [6.07, 6.45) is 0.0352. The summed E-state index contributed by atoms with van der Waals surface area (Å²) in [4.78, 5) is 26.5. The van der Waals surface area contributed by atoms with Gasteiger partial charge >= 0.3 is 0 Å². The molecule has 2 rings (SSSR count). The van der Waals surface area contributed by atoms with Gasteiger partial charge < -0.3 is 20.7 Å². The number of hydrogen-bond donors (Lipinski definition) is 4. The van der Waals surface area contributed by atoms with Crippen molar-refractivity contribution in [2.24, 2.45) is 0 Å². The lowest BCUT2D eigenvalue weighted by atomic mass is 10.2. The van der Waals surface area contributed by atoms with E-state index in [-0.39, 0.29) is 18.4 Å². The van der Waals surface area contributed by atoms with Crippen LogP contribution in [0.25, 0.3) is 10.9 Å². The predicted molar refractivity (Wildman–Crippen MR) is 79.9 cm³/mol. The quantitative estimate of drug-likeness (QED) is 0.633. The lowest BCUT2D eigenvalue weighted by Gasteiger charge is -2.07. The standard InChI is InChI=1S/C15H19N3O3/c1-10(19)6-7-16-14(20)9-17-15(21)13-8-11-4-2-3-5-12(11)18-13/h2-5,8,10,18-19H,6-7,9H2,1H3,(H,16,20)(H,17,21). The second-order valence-electron chi connectivity index (χ2n) is 4.94. The molecule has 1 aromatic carbocycles. The normalized spacial score (nSPS) is 12.1. The van der Waals surface area contributed by atoms with E-state index in [0.717, 1.165) is 10.9 Å². The fourth-order valence-electron chi connectivity index (χ4n) is 1.93. The van der Waals surface area contributed by atoms with Crippen LogP contribution in [0.4, 0.5) is 0 Å². The number of benzene rings is 1. The molecule has 0 aliphatic heterocycles. The Bertz CT molecular complexity index is 601. The molecule has 2 aromatic rings. The number of amides is 2. The van der Waals surface area contributed by atoms with Gasteiger partial charge in [0.05, 0.1) is 12.6 Å². The molecule has 6 heteroatoms. The second-order valence-corrected chi connectivity index (χ2v) is 4.94. The number of carbonyl (C=O) groups excluding carboxylic acids is 2. The summed E-state index contributed by atoms with van der Waals surface area (Å²) in [6.45, 7) is 1.95. The van der Waals surface area contributed by atoms with Crippen molar-refractivity contribution in [2.45, 2.75) is 19.4 Å². The van der Waals surface area contributed by atoms with E-state index < -0.39 is 6.10 Å². The minimum Gasteiger partial charge on any atom is -0.393 e.